The number of halogens is 1. The molecule has 1 amide bonds. The summed E-state index contributed by atoms with van der Waals surface area (Å²) in [5.41, 5.74) is 9.17. The highest BCUT2D eigenvalue weighted by atomic mass is 35.5. The molecule has 0 unspecified atom stereocenters. The molecule has 0 aliphatic rings. The summed E-state index contributed by atoms with van der Waals surface area (Å²) < 4.78 is 0. The lowest BCUT2D eigenvalue weighted by molar-refractivity contribution is -0.116. The van der Waals surface area contributed by atoms with E-state index in [-0.39, 0.29) is 5.91 Å². The number of nitrogens with one attached hydrogen (secondary N) is 1. The van der Waals surface area contributed by atoms with Gasteiger partial charge in [0.15, 0.2) is 0 Å². The van der Waals surface area contributed by atoms with Gasteiger partial charge in [0, 0.05) is 12.1 Å². The summed E-state index contributed by atoms with van der Waals surface area (Å²) in [6.07, 6.45) is 1.14. The lowest BCUT2D eigenvalue weighted by Crippen LogP contribution is -2.13. The number of rotatable bonds is 4. The fraction of sp³-hybridized carbons (Fsp3) is 0.188. The van der Waals surface area contributed by atoms with E-state index in [2.05, 4.69) is 5.32 Å². The summed E-state index contributed by atoms with van der Waals surface area (Å²) in [4.78, 5) is 11.9. The Morgan fingerprint density at radius 1 is 1.25 bits per heavy atom. The molecule has 0 saturated carbocycles. The highest BCUT2D eigenvalue weighted by Gasteiger charge is 2.07. The van der Waals surface area contributed by atoms with E-state index in [0.29, 0.717) is 29.2 Å². The van der Waals surface area contributed by atoms with E-state index in [4.69, 9.17) is 17.3 Å². The average Bonchev–Trinajstić information content (AvgIpc) is 2.41. The molecule has 3 N–H and O–H groups in total. The van der Waals surface area contributed by atoms with Crippen molar-refractivity contribution in [2.45, 2.75) is 19.8 Å². The van der Waals surface area contributed by atoms with E-state index in [0.717, 1.165) is 0 Å². The molecule has 3 nitrogen and oxygen atoms in total. The Labute approximate surface area is 123 Å². The number of hydrogen-bond donors (Lipinski definition) is 2. The van der Waals surface area contributed by atoms with Gasteiger partial charge >= 0.3 is 0 Å². The van der Waals surface area contributed by atoms with Gasteiger partial charge in [0.05, 0.1) is 10.7 Å². The Hall–Kier alpha value is -2.00. The van der Waals surface area contributed by atoms with Gasteiger partial charge in [-0.1, -0.05) is 35.9 Å². The predicted molar refractivity (Wildman–Crippen MR) is 84.0 cm³/mol. The number of hydrogen-bond acceptors (Lipinski definition) is 2. The molecule has 2 aromatic carbocycles. The van der Waals surface area contributed by atoms with E-state index < -0.39 is 0 Å². The Kier molecular flexibility index (Phi) is 4.64. The van der Waals surface area contributed by atoms with Crippen LogP contribution in [0.4, 0.5) is 11.4 Å². The van der Waals surface area contributed by atoms with Crippen LogP contribution in [0.2, 0.25) is 5.02 Å². The minimum absolute atomic E-state index is 0.0556. The minimum atomic E-state index is -0.0556. The van der Waals surface area contributed by atoms with Crippen LogP contribution in [0.1, 0.15) is 17.5 Å². The zero-order chi connectivity index (χ0) is 14.5. The number of carbonyl (C=O) groups excluding carboxylic acids is 1. The zero-order valence-electron chi connectivity index (χ0n) is 11.3. The molecule has 4 heteroatoms. The van der Waals surface area contributed by atoms with Crippen molar-refractivity contribution in [1.29, 1.82) is 0 Å². The van der Waals surface area contributed by atoms with Gasteiger partial charge in [-0.25, -0.2) is 0 Å². The van der Waals surface area contributed by atoms with Crippen LogP contribution in [-0.2, 0) is 11.2 Å². The second-order valence-corrected chi connectivity index (χ2v) is 5.12. The largest absolute Gasteiger partial charge is 0.399 e. The molecule has 0 radical (unpaired) electrons. The minimum Gasteiger partial charge on any atom is -0.399 e. The maximum absolute atomic E-state index is 11.9. The first-order chi connectivity index (χ1) is 9.56. The molecule has 2 aromatic rings. The van der Waals surface area contributed by atoms with Gasteiger partial charge in [-0.15, -0.1) is 0 Å². The average molecular weight is 289 g/mol. The quantitative estimate of drug-likeness (QED) is 0.841. The molecule has 104 valence electrons. The second-order valence-electron chi connectivity index (χ2n) is 4.71. The van der Waals surface area contributed by atoms with Crippen LogP contribution in [0.5, 0.6) is 0 Å². The molecule has 0 saturated heterocycles. The van der Waals surface area contributed by atoms with Crippen LogP contribution in [0.25, 0.3) is 0 Å². The maximum atomic E-state index is 11.9. The highest BCUT2D eigenvalue weighted by Crippen LogP contribution is 2.24. The molecule has 0 aliphatic heterocycles. The number of anilines is 2. The summed E-state index contributed by atoms with van der Waals surface area (Å²) in [7, 11) is 0. The maximum Gasteiger partial charge on any atom is 0.224 e. The van der Waals surface area contributed by atoms with Crippen molar-refractivity contribution in [2.75, 3.05) is 11.1 Å². The van der Waals surface area contributed by atoms with Crippen molar-refractivity contribution < 1.29 is 4.79 Å². The Bertz CT molecular complexity index is 626. The van der Waals surface area contributed by atoms with Crippen molar-refractivity contribution >= 4 is 28.9 Å². The number of nitrogen functional groups attached to an aromatic ring is 1. The number of nitrogens with two attached hydrogens (primary N) is 1. The molecule has 0 fully saturated rings. The summed E-state index contributed by atoms with van der Waals surface area (Å²) >= 11 is 6.02. The smallest absolute Gasteiger partial charge is 0.224 e. The van der Waals surface area contributed by atoms with Crippen molar-refractivity contribution in [3.8, 4) is 0 Å². The van der Waals surface area contributed by atoms with Gasteiger partial charge in [-0.05, 0) is 42.7 Å². The third-order valence-corrected chi connectivity index (χ3v) is 3.46. The summed E-state index contributed by atoms with van der Waals surface area (Å²) in [5.74, 6) is -0.0556. The Morgan fingerprint density at radius 3 is 2.70 bits per heavy atom. The van der Waals surface area contributed by atoms with Gasteiger partial charge in [0.25, 0.3) is 0 Å². The van der Waals surface area contributed by atoms with Crippen molar-refractivity contribution in [3.05, 3.63) is 58.6 Å². The number of aryl methyl sites for hydroxylation is 2. The van der Waals surface area contributed by atoms with E-state index in [1.54, 1.807) is 18.2 Å². The summed E-state index contributed by atoms with van der Waals surface area (Å²) in [5, 5.41) is 3.25. The van der Waals surface area contributed by atoms with Crippen LogP contribution >= 0.6 is 11.6 Å². The molecular formula is C16H17ClN2O. The first kappa shape index (κ1) is 14.4. The summed E-state index contributed by atoms with van der Waals surface area (Å²) in [6, 6.07) is 13.1. The first-order valence-electron chi connectivity index (χ1n) is 6.45. The molecule has 0 aromatic heterocycles. The third-order valence-electron chi connectivity index (χ3n) is 3.15. The zero-order valence-corrected chi connectivity index (χ0v) is 12.1. The van der Waals surface area contributed by atoms with E-state index in [1.165, 1.54) is 11.1 Å². The predicted octanol–water partition coefficient (Wildman–Crippen LogP) is 3.80. The van der Waals surface area contributed by atoms with Gasteiger partial charge in [-0.2, -0.15) is 0 Å². The SMILES string of the molecule is Cc1ccccc1CCC(=O)Nc1ccc(N)cc1Cl. The van der Waals surface area contributed by atoms with Crippen LogP contribution < -0.4 is 11.1 Å². The first-order valence-corrected chi connectivity index (χ1v) is 6.83. The Morgan fingerprint density at radius 2 is 2.00 bits per heavy atom. The van der Waals surface area contributed by atoms with Gasteiger partial charge in [0.2, 0.25) is 5.91 Å². The molecule has 0 heterocycles. The number of amides is 1. The standard InChI is InChI=1S/C16H17ClN2O/c1-11-4-2-3-5-12(11)6-9-16(20)19-15-8-7-13(18)10-14(15)17/h2-5,7-8,10H,6,9,18H2,1H3,(H,19,20). The van der Waals surface area contributed by atoms with Gasteiger partial charge in [0.1, 0.15) is 0 Å². The Balaban J connectivity index is 1.94. The molecule has 2 rings (SSSR count). The van der Waals surface area contributed by atoms with Gasteiger partial charge in [-0.3, -0.25) is 4.79 Å². The van der Waals surface area contributed by atoms with Crippen LogP contribution in [-0.4, -0.2) is 5.91 Å². The van der Waals surface area contributed by atoms with Crippen molar-refractivity contribution in [2.24, 2.45) is 0 Å². The molecule has 20 heavy (non-hydrogen) atoms. The molecular weight excluding hydrogens is 272 g/mol. The lowest BCUT2D eigenvalue weighted by atomic mass is 10.0. The number of carbonyl (C=O) groups is 1. The monoisotopic (exact) mass is 288 g/mol. The molecule has 0 spiro atoms. The summed E-state index contributed by atoms with van der Waals surface area (Å²) in [6.45, 7) is 2.05. The number of benzene rings is 2. The topological polar surface area (TPSA) is 55.1 Å². The normalized spacial score (nSPS) is 10.3. The van der Waals surface area contributed by atoms with E-state index >= 15 is 0 Å². The second kappa shape index (κ2) is 6.44. The molecule has 0 atom stereocenters. The lowest BCUT2D eigenvalue weighted by Gasteiger charge is -2.09. The van der Waals surface area contributed by atoms with Crippen molar-refractivity contribution in [3.63, 3.8) is 0 Å². The van der Waals surface area contributed by atoms with E-state index in [1.807, 2.05) is 31.2 Å². The fourth-order valence-corrected chi connectivity index (χ4v) is 2.22. The fourth-order valence-electron chi connectivity index (χ4n) is 1.98. The molecule has 0 aliphatic carbocycles. The molecule has 0 bridgehead atoms. The third kappa shape index (κ3) is 3.75. The van der Waals surface area contributed by atoms with Crippen LogP contribution in [0.15, 0.2) is 42.5 Å². The van der Waals surface area contributed by atoms with Crippen LogP contribution in [0.3, 0.4) is 0 Å². The van der Waals surface area contributed by atoms with Crippen molar-refractivity contribution in [1.82, 2.24) is 0 Å². The highest BCUT2D eigenvalue weighted by molar-refractivity contribution is 6.34. The van der Waals surface area contributed by atoms with Crippen LogP contribution in [0, 0.1) is 6.92 Å². The van der Waals surface area contributed by atoms with Gasteiger partial charge < -0.3 is 11.1 Å². The van der Waals surface area contributed by atoms with E-state index in [9.17, 15) is 4.79 Å².